The minimum absolute atomic E-state index is 0. The second-order valence-corrected chi connectivity index (χ2v) is 6.84. The number of hydrogen-bond acceptors (Lipinski definition) is 4. The molecule has 1 aliphatic heterocycles. The molecule has 1 saturated heterocycles. The van der Waals surface area contributed by atoms with Crippen LogP contribution in [-0.2, 0) is 13.0 Å². The van der Waals surface area contributed by atoms with E-state index in [1.165, 1.54) is 11.3 Å². The van der Waals surface area contributed by atoms with Gasteiger partial charge in [-0.1, -0.05) is 19.1 Å². The number of aromatic nitrogens is 3. The van der Waals surface area contributed by atoms with Crippen molar-refractivity contribution in [2.24, 2.45) is 4.99 Å². The first-order chi connectivity index (χ1) is 13.2. The lowest BCUT2D eigenvalue weighted by Crippen LogP contribution is -2.52. The molecule has 1 fully saturated rings. The minimum atomic E-state index is 0. The molecule has 7 nitrogen and oxygen atoms in total. The van der Waals surface area contributed by atoms with Crippen molar-refractivity contribution in [1.29, 1.82) is 0 Å². The number of aliphatic imine (C=N–C) groups is 1. The number of aryl methyl sites for hydroxylation is 2. The van der Waals surface area contributed by atoms with Crippen molar-refractivity contribution in [2.75, 3.05) is 44.2 Å². The highest BCUT2D eigenvalue weighted by molar-refractivity contribution is 14.0. The molecule has 1 aromatic carbocycles. The molecule has 2 aromatic rings. The van der Waals surface area contributed by atoms with Crippen molar-refractivity contribution in [3.63, 3.8) is 0 Å². The molecule has 1 aliphatic rings. The largest absolute Gasteiger partial charge is 0.368 e. The van der Waals surface area contributed by atoms with Crippen LogP contribution < -0.4 is 10.2 Å². The second-order valence-electron chi connectivity index (χ2n) is 6.84. The van der Waals surface area contributed by atoms with E-state index in [9.17, 15) is 0 Å². The summed E-state index contributed by atoms with van der Waals surface area (Å²) in [6, 6.07) is 8.75. The normalized spacial score (nSPS) is 14.8. The van der Waals surface area contributed by atoms with Crippen LogP contribution in [-0.4, -0.2) is 64.9 Å². The monoisotopic (exact) mass is 497 g/mol. The minimum Gasteiger partial charge on any atom is -0.368 e. The van der Waals surface area contributed by atoms with Crippen molar-refractivity contribution in [2.45, 2.75) is 33.7 Å². The molecular weight excluding hydrogens is 465 g/mol. The molecule has 0 spiro atoms. The van der Waals surface area contributed by atoms with Crippen molar-refractivity contribution in [1.82, 2.24) is 25.0 Å². The lowest BCUT2D eigenvalue weighted by atomic mass is 10.2. The van der Waals surface area contributed by atoms with Gasteiger partial charge in [0.25, 0.3) is 0 Å². The Hall–Kier alpha value is -1.84. The first-order valence-corrected chi connectivity index (χ1v) is 9.92. The maximum atomic E-state index is 4.84. The molecular formula is C20H32IN7. The van der Waals surface area contributed by atoms with Gasteiger partial charge in [0.1, 0.15) is 12.2 Å². The maximum absolute atomic E-state index is 4.84. The highest BCUT2D eigenvalue weighted by atomic mass is 127. The molecule has 0 unspecified atom stereocenters. The summed E-state index contributed by atoms with van der Waals surface area (Å²) in [4.78, 5) is 9.66. The van der Waals surface area contributed by atoms with Crippen LogP contribution in [0.2, 0.25) is 0 Å². The van der Waals surface area contributed by atoms with E-state index in [2.05, 4.69) is 74.9 Å². The van der Waals surface area contributed by atoms with Gasteiger partial charge in [0.2, 0.25) is 0 Å². The zero-order chi connectivity index (χ0) is 19.1. The van der Waals surface area contributed by atoms with Crippen molar-refractivity contribution in [3.05, 3.63) is 42.0 Å². The third-order valence-corrected chi connectivity index (χ3v) is 4.90. The molecule has 0 bridgehead atoms. The molecule has 0 radical (unpaired) electrons. The predicted molar refractivity (Wildman–Crippen MR) is 126 cm³/mol. The fourth-order valence-corrected chi connectivity index (χ4v) is 3.43. The van der Waals surface area contributed by atoms with Crippen LogP contribution in [0.3, 0.4) is 0 Å². The number of nitrogens with one attached hydrogen (secondary N) is 1. The van der Waals surface area contributed by atoms with E-state index in [1.807, 2.05) is 0 Å². The van der Waals surface area contributed by atoms with Gasteiger partial charge in [-0.15, -0.1) is 34.2 Å². The highest BCUT2D eigenvalue weighted by Crippen LogP contribution is 2.17. The second kappa shape index (κ2) is 11.2. The topological polar surface area (TPSA) is 61.6 Å². The smallest absolute Gasteiger partial charge is 0.194 e. The molecule has 1 N–H and O–H groups in total. The fraction of sp³-hybridized carbons (Fsp3) is 0.550. The van der Waals surface area contributed by atoms with Gasteiger partial charge in [-0.25, -0.2) is 0 Å². The zero-order valence-electron chi connectivity index (χ0n) is 17.1. The van der Waals surface area contributed by atoms with Crippen LogP contribution in [0, 0.1) is 6.92 Å². The number of halogens is 1. The number of hydrogen-bond donors (Lipinski definition) is 1. The molecule has 0 saturated carbocycles. The Morgan fingerprint density at radius 1 is 1.18 bits per heavy atom. The maximum Gasteiger partial charge on any atom is 0.194 e. The van der Waals surface area contributed by atoms with E-state index in [1.54, 1.807) is 6.33 Å². The molecule has 0 amide bonds. The number of piperazine rings is 1. The Balaban J connectivity index is 0.00000280. The standard InChI is InChI=1S/C20H31N7.HI/c1-4-19-24-23-16-27(19)10-9-22-20(21-5-2)26-13-11-25(12-14-26)18-8-6-7-17(3)15-18;/h6-8,15-16H,4-5,9-14H2,1-3H3,(H,21,22);1H. The Kier molecular flexibility index (Phi) is 9.01. The molecule has 8 heteroatoms. The summed E-state index contributed by atoms with van der Waals surface area (Å²) in [7, 11) is 0. The molecule has 3 rings (SSSR count). The molecule has 0 aliphatic carbocycles. The SMILES string of the molecule is CCNC(=NCCn1cnnc1CC)N1CCN(c2cccc(C)c2)CC1.I. The molecule has 154 valence electrons. The van der Waals surface area contributed by atoms with Gasteiger partial charge < -0.3 is 19.7 Å². The third kappa shape index (κ3) is 5.83. The lowest BCUT2D eigenvalue weighted by molar-refractivity contribution is 0.372. The summed E-state index contributed by atoms with van der Waals surface area (Å²) >= 11 is 0. The van der Waals surface area contributed by atoms with Gasteiger partial charge in [-0.3, -0.25) is 4.99 Å². The molecule has 2 heterocycles. The number of benzene rings is 1. The first kappa shape index (κ1) is 22.4. The summed E-state index contributed by atoms with van der Waals surface area (Å²) in [6.07, 6.45) is 2.69. The van der Waals surface area contributed by atoms with Crippen molar-refractivity contribution >= 4 is 35.6 Å². The summed E-state index contributed by atoms with van der Waals surface area (Å²) in [5.41, 5.74) is 2.63. The fourth-order valence-electron chi connectivity index (χ4n) is 3.43. The van der Waals surface area contributed by atoms with Gasteiger partial charge in [0.05, 0.1) is 6.54 Å². The van der Waals surface area contributed by atoms with Crippen molar-refractivity contribution in [3.8, 4) is 0 Å². The van der Waals surface area contributed by atoms with E-state index in [0.717, 1.165) is 64.0 Å². The number of anilines is 1. The number of guanidine groups is 1. The van der Waals surface area contributed by atoms with E-state index >= 15 is 0 Å². The predicted octanol–water partition coefficient (Wildman–Crippen LogP) is 2.55. The molecule has 1 aromatic heterocycles. The highest BCUT2D eigenvalue weighted by Gasteiger charge is 2.19. The van der Waals surface area contributed by atoms with E-state index in [-0.39, 0.29) is 24.0 Å². The van der Waals surface area contributed by atoms with E-state index in [0.29, 0.717) is 0 Å². The van der Waals surface area contributed by atoms with Gasteiger partial charge in [-0.2, -0.15) is 0 Å². The lowest BCUT2D eigenvalue weighted by Gasteiger charge is -2.37. The third-order valence-electron chi connectivity index (χ3n) is 4.90. The summed E-state index contributed by atoms with van der Waals surface area (Å²) in [5, 5.41) is 11.6. The van der Waals surface area contributed by atoms with E-state index < -0.39 is 0 Å². The van der Waals surface area contributed by atoms with Crippen LogP contribution in [0.1, 0.15) is 25.2 Å². The van der Waals surface area contributed by atoms with Gasteiger partial charge in [0, 0.05) is 51.4 Å². The Morgan fingerprint density at radius 2 is 1.96 bits per heavy atom. The average Bonchev–Trinajstić information content (AvgIpc) is 3.15. The van der Waals surface area contributed by atoms with Crippen molar-refractivity contribution < 1.29 is 0 Å². The quantitative estimate of drug-likeness (QED) is 0.378. The summed E-state index contributed by atoms with van der Waals surface area (Å²) in [5.74, 6) is 2.02. The Bertz CT molecular complexity index is 751. The van der Waals surface area contributed by atoms with Crippen LogP contribution in [0.5, 0.6) is 0 Å². The van der Waals surface area contributed by atoms with Gasteiger partial charge in [-0.05, 0) is 31.5 Å². The summed E-state index contributed by atoms with van der Waals surface area (Å²) in [6.45, 7) is 12.8. The van der Waals surface area contributed by atoms with Gasteiger partial charge in [0.15, 0.2) is 5.96 Å². The van der Waals surface area contributed by atoms with E-state index in [4.69, 9.17) is 4.99 Å². The van der Waals surface area contributed by atoms with Crippen LogP contribution in [0.4, 0.5) is 5.69 Å². The van der Waals surface area contributed by atoms with Crippen LogP contribution in [0.25, 0.3) is 0 Å². The van der Waals surface area contributed by atoms with Crippen LogP contribution in [0.15, 0.2) is 35.6 Å². The zero-order valence-corrected chi connectivity index (χ0v) is 19.5. The average molecular weight is 497 g/mol. The Labute approximate surface area is 185 Å². The van der Waals surface area contributed by atoms with Gasteiger partial charge >= 0.3 is 0 Å². The number of nitrogens with zero attached hydrogens (tertiary/aromatic N) is 6. The van der Waals surface area contributed by atoms with Crippen LogP contribution >= 0.6 is 24.0 Å². The first-order valence-electron chi connectivity index (χ1n) is 9.92. The summed E-state index contributed by atoms with van der Waals surface area (Å²) < 4.78 is 2.09. The number of rotatable bonds is 6. The molecule has 0 atom stereocenters. The Morgan fingerprint density at radius 3 is 2.64 bits per heavy atom. The molecule has 28 heavy (non-hydrogen) atoms.